The molecular weight excluding hydrogens is 310 g/mol. The first-order valence-corrected chi connectivity index (χ1v) is 9.26. The van der Waals surface area contributed by atoms with Gasteiger partial charge in [-0.3, -0.25) is 9.59 Å². The van der Waals surface area contributed by atoms with Crippen LogP contribution in [0.5, 0.6) is 0 Å². The molecule has 5 nitrogen and oxygen atoms in total. The van der Waals surface area contributed by atoms with Gasteiger partial charge in [0.15, 0.2) is 0 Å². The molecule has 0 saturated heterocycles. The molecule has 0 fully saturated rings. The minimum absolute atomic E-state index is 0.115. The van der Waals surface area contributed by atoms with Crippen molar-refractivity contribution in [2.75, 3.05) is 32.1 Å². The molecule has 128 valence electrons. The molecule has 1 aromatic carbocycles. The average molecular weight is 337 g/mol. The largest absolute Gasteiger partial charge is 0.354 e. The molecule has 6 heteroatoms. The van der Waals surface area contributed by atoms with E-state index in [0.29, 0.717) is 18.5 Å². The molecule has 1 aromatic rings. The van der Waals surface area contributed by atoms with Crippen LogP contribution in [0.25, 0.3) is 0 Å². The zero-order valence-corrected chi connectivity index (χ0v) is 15.0. The van der Waals surface area contributed by atoms with Gasteiger partial charge in [-0.2, -0.15) is 11.8 Å². The molecule has 0 aliphatic carbocycles. The summed E-state index contributed by atoms with van der Waals surface area (Å²) in [5, 5.41) is 8.79. The predicted molar refractivity (Wildman–Crippen MR) is 97.0 cm³/mol. The summed E-state index contributed by atoms with van der Waals surface area (Å²) in [6.45, 7) is 3.40. The zero-order chi connectivity index (χ0) is 17.1. The third-order valence-electron chi connectivity index (χ3n) is 3.42. The number of carbonyl (C=O) groups excluding carboxylic acids is 2. The molecule has 0 bridgehead atoms. The van der Waals surface area contributed by atoms with E-state index in [-0.39, 0.29) is 11.8 Å². The predicted octanol–water partition coefficient (Wildman–Crippen LogP) is 1.57. The molecule has 1 atom stereocenters. The fourth-order valence-electron chi connectivity index (χ4n) is 2.13. The molecule has 0 aliphatic heterocycles. The Labute approximate surface area is 143 Å². The first-order valence-electron chi connectivity index (χ1n) is 7.87. The lowest BCUT2D eigenvalue weighted by molar-refractivity contribution is -0.123. The van der Waals surface area contributed by atoms with Crippen molar-refractivity contribution >= 4 is 23.6 Å². The lowest BCUT2D eigenvalue weighted by Gasteiger charge is -2.18. The van der Waals surface area contributed by atoms with Crippen LogP contribution in [0, 0.1) is 6.92 Å². The number of amides is 2. The van der Waals surface area contributed by atoms with Gasteiger partial charge in [-0.1, -0.05) is 17.7 Å². The third-order valence-corrected chi connectivity index (χ3v) is 4.06. The van der Waals surface area contributed by atoms with Gasteiger partial charge in [-0.05, 0) is 57.5 Å². The minimum Gasteiger partial charge on any atom is -0.354 e. The Morgan fingerprint density at radius 2 is 2.04 bits per heavy atom. The SMILES string of the molecule is CNCCCNC(=O)C(CCSC)NC(=O)c1cccc(C)c1. The highest BCUT2D eigenvalue weighted by molar-refractivity contribution is 7.98. The van der Waals surface area contributed by atoms with Crippen molar-refractivity contribution in [3.63, 3.8) is 0 Å². The lowest BCUT2D eigenvalue weighted by Crippen LogP contribution is -2.47. The molecule has 3 N–H and O–H groups in total. The van der Waals surface area contributed by atoms with Crippen LogP contribution >= 0.6 is 11.8 Å². The van der Waals surface area contributed by atoms with Gasteiger partial charge in [0.25, 0.3) is 5.91 Å². The Hall–Kier alpha value is -1.53. The van der Waals surface area contributed by atoms with Crippen LogP contribution in [0.15, 0.2) is 24.3 Å². The second-order valence-corrected chi connectivity index (χ2v) is 6.41. The number of hydrogen-bond donors (Lipinski definition) is 3. The van der Waals surface area contributed by atoms with Crippen molar-refractivity contribution in [1.29, 1.82) is 0 Å². The summed E-state index contributed by atoms with van der Waals surface area (Å²) in [5.41, 5.74) is 1.61. The van der Waals surface area contributed by atoms with Gasteiger partial charge in [0.05, 0.1) is 0 Å². The highest BCUT2D eigenvalue weighted by atomic mass is 32.2. The highest BCUT2D eigenvalue weighted by Crippen LogP contribution is 2.06. The molecule has 1 rings (SSSR count). The zero-order valence-electron chi connectivity index (χ0n) is 14.1. The number of rotatable bonds is 10. The van der Waals surface area contributed by atoms with E-state index in [2.05, 4.69) is 16.0 Å². The fourth-order valence-corrected chi connectivity index (χ4v) is 2.60. The minimum atomic E-state index is -0.495. The van der Waals surface area contributed by atoms with Gasteiger partial charge in [0.2, 0.25) is 5.91 Å². The van der Waals surface area contributed by atoms with E-state index in [9.17, 15) is 9.59 Å². The first-order chi connectivity index (χ1) is 11.1. The van der Waals surface area contributed by atoms with Crippen molar-refractivity contribution in [2.45, 2.75) is 25.8 Å². The van der Waals surface area contributed by atoms with Crippen LogP contribution in [0.3, 0.4) is 0 Å². The van der Waals surface area contributed by atoms with Crippen molar-refractivity contribution in [1.82, 2.24) is 16.0 Å². The van der Waals surface area contributed by atoms with E-state index in [0.717, 1.165) is 24.3 Å². The first kappa shape index (κ1) is 19.5. The standard InChI is InChI=1S/C17H27N3O2S/c1-13-6-4-7-14(12-13)16(21)20-15(8-11-23-3)17(22)19-10-5-9-18-2/h4,6-7,12,15,18H,5,8-11H2,1-3H3,(H,19,22)(H,20,21). The van der Waals surface area contributed by atoms with Gasteiger partial charge in [0.1, 0.15) is 6.04 Å². The van der Waals surface area contributed by atoms with Gasteiger partial charge in [-0.25, -0.2) is 0 Å². The molecule has 23 heavy (non-hydrogen) atoms. The summed E-state index contributed by atoms with van der Waals surface area (Å²) < 4.78 is 0. The molecule has 0 aliphatic rings. The van der Waals surface area contributed by atoms with Crippen molar-refractivity contribution in [2.24, 2.45) is 0 Å². The molecule has 1 unspecified atom stereocenters. The number of nitrogens with one attached hydrogen (secondary N) is 3. The van der Waals surface area contributed by atoms with E-state index in [4.69, 9.17) is 0 Å². The summed E-state index contributed by atoms with van der Waals surface area (Å²) >= 11 is 1.66. The monoisotopic (exact) mass is 337 g/mol. The maximum Gasteiger partial charge on any atom is 0.251 e. The Balaban J connectivity index is 2.62. The summed E-state index contributed by atoms with van der Waals surface area (Å²) in [7, 11) is 1.88. The highest BCUT2D eigenvalue weighted by Gasteiger charge is 2.20. The van der Waals surface area contributed by atoms with Gasteiger partial charge < -0.3 is 16.0 Å². The number of aryl methyl sites for hydroxylation is 1. The molecule has 0 heterocycles. The van der Waals surface area contributed by atoms with E-state index < -0.39 is 6.04 Å². The third kappa shape index (κ3) is 7.52. The smallest absolute Gasteiger partial charge is 0.251 e. The molecule has 0 radical (unpaired) electrons. The molecule has 0 spiro atoms. The Kier molecular flexibility index (Phi) is 9.40. The maximum absolute atomic E-state index is 12.3. The van der Waals surface area contributed by atoms with E-state index in [1.54, 1.807) is 17.8 Å². The number of hydrogen-bond acceptors (Lipinski definition) is 4. The molecule has 2 amide bonds. The number of thioether (sulfide) groups is 1. The van der Waals surface area contributed by atoms with E-state index in [1.165, 1.54) is 0 Å². The van der Waals surface area contributed by atoms with E-state index in [1.807, 2.05) is 38.4 Å². The van der Waals surface area contributed by atoms with Crippen molar-refractivity contribution < 1.29 is 9.59 Å². The Morgan fingerprint density at radius 3 is 2.70 bits per heavy atom. The molecular formula is C17H27N3O2S. The lowest BCUT2D eigenvalue weighted by atomic mass is 10.1. The second-order valence-electron chi connectivity index (χ2n) is 5.43. The van der Waals surface area contributed by atoms with Gasteiger partial charge in [-0.15, -0.1) is 0 Å². The maximum atomic E-state index is 12.3. The number of carbonyl (C=O) groups is 2. The molecule has 0 aromatic heterocycles. The van der Waals surface area contributed by atoms with Crippen LogP contribution in [0.1, 0.15) is 28.8 Å². The van der Waals surface area contributed by atoms with Gasteiger partial charge in [0, 0.05) is 12.1 Å². The van der Waals surface area contributed by atoms with Crippen molar-refractivity contribution in [3.05, 3.63) is 35.4 Å². The normalized spacial score (nSPS) is 11.8. The van der Waals surface area contributed by atoms with Crippen molar-refractivity contribution in [3.8, 4) is 0 Å². The second kappa shape index (κ2) is 11.1. The number of benzene rings is 1. The summed E-state index contributed by atoms with van der Waals surface area (Å²) in [6, 6.07) is 6.88. The topological polar surface area (TPSA) is 70.2 Å². The Morgan fingerprint density at radius 1 is 1.26 bits per heavy atom. The van der Waals surface area contributed by atoms with Gasteiger partial charge >= 0.3 is 0 Å². The quantitative estimate of drug-likeness (QED) is 0.567. The Bertz CT molecular complexity index is 508. The van der Waals surface area contributed by atoms with Crippen LogP contribution in [0.2, 0.25) is 0 Å². The van der Waals surface area contributed by atoms with Crippen LogP contribution < -0.4 is 16.0 Å². The van der Waals surface area contributed by atoms with E-state index >= 15 is 0 Å². The molecule has 0 saturated carbocycles. The van der Waals surface area contributed by atoms with Crippen LogP contribution in [0.4, 0.5) is 0 Å². The van der Waals surface area contributed by atoms with Crippen LogP contribution in [-0.4, -0.2) is 50.0 Å². The van der Waals surface area contributed by atoms with Crippen LogP contribution in [-0.2, 0) is 4.79 Å². The summed E-state index contributed by atoms with van der Waals surface area (Å²) in [6.07, 6.45) is 3.48. The summed E-state index contributed by atoms with van der Waals surface area (Å²) in [4.78, 5) is 24.6. The summed E-state index contributed by atoms with van der Waals surface area (Å²) in [5.74, 6) is 0.504. The average Bonchev–Trinajstić information content (AvgIpc) is 2.55. The fraction of sp³-hybridized carbons (Fsp3) is 0.529.